The third-order valence-electron chi connectivity index (χ3n) is 3.70. The molecule has 0 radical (unpaired) electrons. The topological polar surface area (TPSA) is 55.8 Å². The maximum absolute atomic E-state index is 12.6. The van der Waals surface area contributed by atoms with Crippen molar-refractivity contribution in [3.63, 3.8) is 0 Å². The van der Waals surface area contributed by atoms with Gasteiger partial charge in [-0.15, -0.1) is 0 Å². The molecule has 1 N–H and O–H groups in total. The van der Waals surface area contributed by atoms with Crippen molar-refractivity contribution in [3.05, 3.63) is 71.8 Å². The number of aliphatic hydroxyl groups is 1. The van der Waals surface area contributed by atoms with Gasteiger partial charge < -0.3 is 14.6 Å². The molecule has 0 aliphatic carbocycles. The zero-order valence-corrected chi connectivity index (χ0v) is 13.4. The summed E-state index contributed by atoms with van der Waals surface area (Å²) in [5.74, 6) is 0.342. The number of benzene rings is 3. The predicted octanol–water partition coefficient (Wildman–Crippen LogP) is 3.95. The van der Waals surface area contributed by atoms with Gasteiger partial charge in [-0.3, -0.25) is 0 Å². The van der Waals surface area contributed by atoms with E-state index >= 15 is 0 Å². The molecule has 24 heavy (non-hydrogen) atoms. The Kier molecular flexibility index (Phi) is 4.77. The molecule has 122 valence electrons. The Balaban J connectivity index is 1.94. The van der Waals surface area contributed by atoms with Gasteiger partial charge in [-0.25, -0.2) is 4.79 Å². The highest BCUT2D eigenvalue weighted by molar-refractivity contribution is 6.05. The lowest BCUT2D eigenvalue weighted by atomic mass is 10.0. The van der Waals surface area contributed by atoms with Gasteiger partial charge in [0.2, 0.25) is 0 Å². The summed E-state index contributed by atoms with van der Waals surface area (Å²) in [5.41, 5.74) is 1.20. The van der Waals surface area contributed by atoms with Crippen molar-refractivity contribution >= 4 is 16.7 Å². The van der Waals surface area contributed by atoms with Gasteiger partial charge in [0.15, 0.2) is 11.5 Å². The van der Waals surface area contributed by atoms with Gasteiger partial charge in [0, 0.05) is 0 Å². The summed E-state index contributed by atoms with van der Waals surface area (Å²) >= 11 is 0. The molecule has 0 saturated carbocycles. The largest absolute Gasteiger partial charge is 0.490 e. The summed E-state index contributed by atoms with van der Waals surface area (Å²) in [5, 5.41) is 11.1. The second-order valence-corrected chi connectivity index (χ2v) is 5.29. The molecule has 0 bridgehead atoms. The molecule has 0 aromatic heterocycles. The zero-order chi connectivity index (χ0) is 16.9. The smallest absolute Gasteiger partial charge is 0.344 e. The summed E-state index contributed by atoms with van der Waals surface area (Å²) in [6.45, 7) is 2.19. The molecule has 3 rings (SSSR count). The molecular formula is C20H18O4. The molecule has 0 aliphatic rings. The van der Waals surface area contributed by atoms with Crippen molar-refractivity contribution in [1.82, 2.24) is 0 Å². The Bertz CT molecular complexity index is 865. The van der Waals surface area contributed by atoms with Gasteiger partial charge in [-0.2, -0.15) is 0 Å². The van der Waals surface area contributed by atoms with E-state index in [2.05, 4.69) is 0 Å². The normalized spacial score (nSPS) is 10.6. The fraction of sp³-hybridized carbons (Fsp3) is 0.150. The molecule has 0 fully saturated rings. The quantitative estimate of drug-likeness (QED) is 0.571. The number of aliphatic hydroxyl groups excluding tert-OH is 1. The highest BCUT2D eigenvalue weighted by Crippen LogP contribution is 2.30. The number of carbonyl (C=O) groups is 1. The van der Waals surface area contributed by atoms with Crippen molar-refractivity contribution < 1.29 is 19.4 Å². The highest BCUT2D eigenvalue weighted by atomic mass is 16.6. The summed E-state index contributed by atoms with van der Waals surface area (Å²) in [4.78, 5) is 12.6. The van der Waals surface area contributed by atoms with Crippen molar-refractivity contribution in [1.29, 1.82) is 0 Å². The number of fused-ring (bicyclic) bond motifs is 1. The van der Waals surface area contributed by atoms with E-state index < -0.39 is 5.97 Å². The fourth-order valence-corrected chi connectivity index (χ4v) is 2.56. The lowest BCUT2D eigenvalue weighted by Crippen LogP contribution is -2.10. The van der Waals surface area contributed by atoms with Crippen LogP contribution in [-0.4, -0.2) is 17.7 Å². The van der Waals surface area contributed by atoms with Crippen molar-refractivity contribution in [2.24, 2.45) is 0 Å². The Morgan fingerprint density at radius 2 is 1.79 bits per heavy atom. The van der Waals surface area contributed by atoms with Crippen LogP contribution in [0.15, 0.2) is 60.7 Å². The maximum Gasteiger partial charge on any atom is 0.344 e. The molecule has 0 amide bonds. The lowest BCUT2D eigenvalue weighted by Gasteiger charge is -2.12. The van der Waals surface area contributed by atoms with Crippen LogP contribution in [0.1, 0.15) is 22.8 Å². The van der Waals surface area contributed by atoms with Gasteiger partial charge in [0.1, 0.15) is 0 Å². The summed E-state index contributed by atoms with van der Waals surface area (Å²) in [7, 11) is 0. The third kappa shape index (κ3) is 3.24. The predicted molar refractivity (Wildman–Crippen MR) is 92.4 cm³/mol. The van der Waals surface area contributed by atoms with Crippen LogP contribution >= 0.6 is 0 Å². The summed E-state index contributed by atoms with van der Waals surface area (Å²) in [6.07, 6.45) is 0. The molecule has 0 aliphatic heterocycles. The maximum atomic E-state index is 12.6. The Morgan fingerprint density at radius 3 is 2.58 bits per heavy atom. The molecule has 3 aromatic carbocycles. The first-order chi connectivity index (χ1) is 11.7. The third-order valence-corrected chi connectivity index (χ3v) is 3.70. The summed E-state index contributed by atoms with van der Waals surface area (Å²) < 4.78 is 11.1. The number of ether oxygens (including phenoxy) is 2. The minimum atomic E-state index is -0.440. The number of hydrogen-bond acceptors (Lipinski definition) is 4. The van der Waals surface area contributed by atoms with E-state index in [-0.39, 0.29) is 6.61 Å². The number of hydrogen-bond donors (Lipinski definition) is 1. The second kappa shape index (κ2) is 7.15. The monoisotopic (exact) mass is 322 g/mol. The Hall–Kier alpha value is -2.85. The second-order valence-electron chi connectivity index (χ2n) is 5.29. The van der Waals surface area contributed by atoms with Crippen LogP contribution in [0, 0.1) is 0 Å². The fourth-order valence-electron chi connectivity index (χ4n) is 2.56. The summed E-state index contributed by atoms with van der Waals surface area (Å²) in [6, 6.07) is 18.2. The van der Waals surface area contributed by atoms with Crippen LogP contribution in [0.25, 0.3) is 10.8 Å². The first-order valence-electron chi connectivity index (χ1n) is 7.79. The molecule has 0 unspecified atom stereocenters. The van der Waals surface area contributed by atoms with Gasteiger partial charge in [0.05, 0.1) is 18.8 Å². The molecule has 4 heteroatoms. The minimum Gasteiger partial charge on any atom is -0.490 e. The van der Waals surface area contributed by atoms with E-state index in [1.807, 2.05) is 43.3 Å². The lowest BCUT2D eigenvalue weighted by molar-refractivity contribution is 0.0730. The van der Waals surface area contributed by atoms with Crippen molar-refractivity contribution in [3.8, 4) is 11.5 Å². The van der Waals surface area contributed by atoms with E-state index in [4.69, 9.17) is 9.47 Å². The van der Waals surface area contributed by atoms with Gasteiger partial charge >= 0.3 is 5.97 Å². The standard InChI is InChI=1S/C20H18O4/c1-2-23-19-12-14(13-21)10-11-18(19)24-20(22)17-9-5-7-15-6-3-4-8-16(15)17/h3-12,21H,2,13H2,1H3. The van der Waals surface area contributed by atoms with E-state index in [0.29, 0.717) is 29.2 Å². The van der Waals surface area contributed by atoms with Crippen LogP contribution in [-0.2, 0) is 6.61 Å². The number of esters is 1. The molecule has 4 nitrogen and oxygen atoms in total. The van der Waals surface area contributed by atoms with Gasteiger partial charge in [-0.1, -0.05) is 42.5 Å². The van der Waals surface area contributed by atoms with Crippen molar-refractivity contribution in [2.75, 3.05) is 6.61 Å². The number of rotatable bonds is 5. The van der Waals surface area contributed by atoms with Crippen molar-refractivity contribution in [2.45, 2.75) is 13.5 Å². The minimum absolute atomic E-state index is 0.0996. The van der Waals surface area contributed by atoms with E-state index in [1.165, 1.54) is 0 Å². The highest BCUT2D eigenvalue weighted by Gasteiger charge is 2.15. The average Bonchev–Trinajstić information content (AvgIpc) is 2.62. The zero-order valence-electron chi connectivity index (χ0n) is 13.4. The Labute approximate surface area is 140 Å². The molecule has 3 aromatic rings. The number of carbonyl (C=O) groups excluding carboxylic acids is 1. The first-order valence-corrected chi connectivity index (χ1v) is 7.79. The Morgan fingerprint density at radius 1 is 1.00 bits per heavy atom. The van der Waals surface area contributed by atoms with Crippen LogP contribution < -0.4 is 9.47 Å². The van der Waals surface area contributed by atoms with E-state index in [9.17, 15) is 9.90 Å². The van der Waals surface area contributed by atoms with Crippen LogP contribution in [0.4, 0.5) is 0 Å². The molecule has 0 saturated heterocycles. The molecule has 0 heterocycles. The first kappa shape index (κ1) is 16.0. The molecule has 0 atom stereocenters. The van der Waals surface area contributed by atoms with Crippen LogP contribution in [0.3, 0.4) is 0 Å². The van der Waals surface area contributed by atoms with E-state index in [0.717, 1.165) is 10.8 Å². The van der Waals surface area contributed by atoms with Crippen LogP contribution in [0.2, 0.25) is 0 Å². The van der Waals surface area contributed by atoms with E-state index in [1.54, 1.807) is 24.3 Å². The SMILES string of the molecule is CCOc1cc(CO)ccc1OC(=O)c1cccc2ccccc12. The molecular weight excluding hydrogens is 304 g/mol. The van der Waals surface area contributed by atoms with Gasteiger partial charge in [0.25, 0.3) is 0 Å². The van der Waals surface area contributed by atoms with Crippen LogP contribution in [0.5, 0.6) is 11.5 Å². The average molecular weight is 322 g/mol. The molecule has 0 spiro atoms. The van der Waals surface area contributed by atoms with Gasteiger partial charge in [-0.05, 0) is 41.5 Å².